The van der Waals surface area contributed by atoms with E-state index in [-0.39, 0.29) is 74.0 Å². The largest absolute Gasteiger partial charge is 0.508 e. The summed E-state index contributed by atoms with van der Waals surface area (Å²) in [4.78, 5) is 200. The number of carbonyl (C=O) groups excluding carboxylic acids is 12. The zero-order chi connectivity index (χ0) is 81.1. The predicted molar refractivity (Wildman–Crippen MR) is 398 cm³/mol. The molecule has 4 aromatic carbocycles. The molecule has 37 heteroatoms. The van der Waals surface area contributed by atoms with Gasteiger partial charge in [-0.25, -0.2) is 4.79 Å². The summed E-state index contributed by atoms with van der Waals surface area (Å²) in [5, 5.41) is 89.4. The van der Waals surface area contributed by atoms with E-state index in [1.807, 2.05) is 0 Å². The monoisotopic (exact) mass is 1530 g/mol. The van der Waals surface area contributed by atoms with Crippen LogP contribution < -0.4 is 81.0 Å². The second kappa shape index (κ2) is 41.4. The third-order valence-electron chi connectivity index (χ3n) is 17.4. The molecule has 0 fully saturated rings. The molecular formula is C73H96N18O19. The molecule has 37 nitrogen and oxygen atoms in total. The minimum absolute atomic E-state index is 0.0836. The molecule has 0 unspecified atom stereocenters. The number of phenols is 2. The van der Waals surface area contributed by atoms with Crippen molar-refractivity contribution in [2.24, 2.45) is 23.1 Å². The van der Waals surface area contributed by atoms with Gasteiger partial charge < -0.3 is 117 Å². The van der Waals surface area contributed by atoms with E-state index in [0.29, 0.717) is 38.5 Å². The summed E-state index contributed by atoms with van der Waals surface area (Å²) in [6.07, 6.45) is -2.35. The molecule has 0 spiro atoms. The number of carboxylic acid groups (broad SMARTS) is 2. The van der Waals surface area contributed by atoms with Gasteiger partial charge in [0.25, 0.3) is 0 Å². The number of aliphatic carboxylic acids is 2. The highest BCUT2D eigenvalue weighted by Crippen LogP contribution is 2.23. The number of aromatic amines is 2. The molecule has 0 saturated heterocycles. The quantitative estimate of drug-likeness (QED) is 0.0104. The number of primary amides is 1. The highest BCUT2D eigenvalue weighted by molar-refractivity contribution is 6.01. The molecular weight excluding hydrogens is 1430 g/mol. The van der Waals surface area contributed by atoms with Crippen LogP contribution in [0.3, 0.4) is 0 Å². The summed E-state index contributed by atoms with van der Waals surface area (Å²) in [6, 6.07) is 6.97. The number of aliphatic hydroxyl groups excluding tert-OH is 1. The Bertz CT molecular complexity index is 4280. The molecule has 6 rings (SSSR count). The summed E-state index contributed by atoms with van der Waals surface area (Å²) in [5.41, 5.74) is 19.2. The molecule has 0 bridgehead atoms. The molecule has 0 aliphatic carbocycles. The summed E-state index contributed by atoms with van der Waals surface area (Å²) >= 11 is 0. The first-order valence-electron chi connectivity index (χ1n) is 35.3. The minimum atomic E-state index is -2.12. The minimum Gasteiger partial charge on any atom is -0.508 e. The maximum Gasteiger partial charge on any atom is 0.326 e. The van der Waals surface area contributed by atoms with Crippen LogP contribution in [0.2, 0.25) is 0 Å². The number of benzene rings is 4. The summed E-state index contributed by atoms with van der Waals surface area (Å²) in [6.45, 7) is 6.62. The maximum absolute atomic E-state index is 15.2. The number of nitrogens with two attached hydrogens (primary N) is 3. The Labute approximate surface area is 630 Å². The zero-order valence-electron chi connectivity index (χ0n) is 61.1. The number of carboxylic acids is 2. The molecule has 0 aliphatic heterocycles. The third kappa shape index (κ3) is 27.3. The number of hydrogen-bond acceptors (Lipinski definition) is 19. The first-order valence-corrected chi connectivity index (χ1v) is 35.3. The van der Waals surface area contributed by atoms with Crippen LogP contribution in [0.4, 0.5) is 0 Å². The highest BCUT2D eigenvalue weighted by Gasteiger charge is 2.38. The SMILES string of the molecule is CC(C)C[C@H](NC(=O)[C@H](Cc1c[nH]c2ccccc12)NC(=O)[C@H](Cc1ccc(O)cc1)NC(=O)[C@H](CC(=O)O)NC(=O)[C@H](CCC(N)=O)NC(=O)[C@H](Cc1c[nH]c2ccccc12)NC(=O)[C@@H](NC(=O)[C@H](C)NC(=O)[C@H](C)N)[C@@H](C)O)C(=O)N[C@@H](Cc1ccc(O)cc1)C(=O)NCC(=O)N[C@@H](CCCNC(=N)N)C(=O)O. The van der Waals surface area contributed by atoms with Gasteiger partial charge in [-0.3, -0.25) is 67.7 Å². The Morgan fingerprint density at radius 2 is 0.900 bits per heavy atom. The van der Waals surface area contributed by atoms with Crippen molar-refractivity contribution in [1.29, 1.82) is 5.41 Å². The molecule has 0 aliphatic rings. The molecule has 6 aromatic rings. The fourth-order valence-electron chi connectivity index (χ4n) is 11.6. The molecule has 26 N–H and O–H groups in total. The van der Waals surface area contributed by atoms with Crippen molar-refractivity contribution >= 4 is 111 Å². The number of fused-ring (bicyclic) bond motifs is 2. The van der Waals surface area contributed by atoms with Gasteiger partial charge in [0.1, 0.15) is 71.9 Å². The van der Waals surface area contributed by atoms with Crippen LogP contribution in [0.25, 0.3) is 21.8 Å². The Hall–Kier alpha value is -12.7. The summed E-state index contributed by atoms with van der Waals surface area (Å²) in [7, 11) is 0. The molecule has 110 heavy (non-hydrogen) atoms. The molecule has 12 amide bonds. The van der Waals surface area contributed by atoms with E-state index in [4.69, 9.17) is 22.6 Å². The van der Waals surface area contributed by atoms with Crippen LogP contribution >= 0.6 is 0 Å². The van der Waals surface area contributed by atoms with E-state index >= 15 is 9.59 Å². The van der Waals surface area contributed by atoms with Gasteiger partial charge in [0.15, 0.2) is 5.96 Å². The number of H-pyrrole nitrogens is 2. The topological polar surface area (TPSA) is 618 Å². The number of rotatable bonds is 43. The lowest BCUT2D eigenvalue weighted by atomic mass is 9.99. The number of amides is 12. The maximum atomic E-state index is 15.2. The van der Waals surface area contributed by atoms with Crippen molar-refractivity contribution in [2.75, 3.05) is 13.1 Å². The van der Waals surface area contributed by atoms with Gasteiger partial charge in [0.2, 0.25) is 70.9 Å². The first kappa shape index (κ1) is 86.3. The molecule has 592 valence electrons. The number of para-hydroxylation sites is 2. The van der Waals surface area contributed by atoms with E-state index in [1.165, 1.54) is 68.6 Å². The van der Waals surface area contributed by atoms with Gasteiger partial charge in [-0.15, -0.1) is 0 Å². The normalized spacial score (nSPS) is 14.4. The Morgan fingerprint density at radius 3 is 1.36 bits per heavy atom. The molecule has 2 aromatic heterocycles. The zero-order valence-corrected chi connectivity index (χ0v) is 61.1. The summed E-state index contributed by atoms with van der Waals surface area (Å²) < 4.78 is 0. The first-order chi connectivity index (χ1) is 52.0. The van der Waals surface area contributed by atoms with Crippen molar-refractivity contribution < 1.29 is 92.7 Å². The van der Waals surface area contributed by atoms with Crippen LogP contribution in [0.5, 0.6) is 11.5 Å². The van der Waals surface area contributed by atoms with Gasteiger partial charge in [0, 0.05) is 72.8 Å². The van der Waals surface area contributed by atoms with Gasteiger partial charge in [0.05, 0.1) is 25.1 Å². The van der Waals surface area contributed by atoms with Crippen molar-refractivity contribution in [2.45, 2.75) is 171 Å². The van der Waals surface area contributed by atoms with E-state index in [9.17, 15) is 83.1 Å². The molecule has 12 atom stereocenters. The number of aliphatic hydroxyl groups is 1. The van der Waals surface area contributed by atoms with Crippen molar-refractivity contribution in [3.05, 3.63) is 132 Å². The van der Waals surface area contributed by atoms with E-state index in [0.717, 1.165) is 6.92 Å². The van der Waals surface area contributed by atoms with Crippen LogP contribution in [0, 0.1) is 11.3 Å². The second-order valence-electron chi connectivity index (χ2n) is 26.9. The van der Waals surface area contributed by atoms with E-state index in [2.05, 4.69) is 73.8 Å². The van der Waals surface area contributed by atoms with E-state index < -0.39 is 188 Å². The fourth-order valence-corrected chi connectivity index (χ4v) is 11.6. The summed E-state index contributed by atoms with van der Waals surface area (Å²) in [5.74, 6) is -16.5. The number of hydrogen-bond donors (Lipinski definition) is 23. The lowest BCUT2D eigenvalue weighted by molar-refractivity contribution is -0.142. The molecule has 2 heterocycles. The predicted octanol–water partition coefficient (Wildman–Crippen LogP) is -2.82. The smallest absolute Gasteiger partial charge is 0.326 e. The Balaban J connectivity index is 1.29. The number of guanidine groups is 1. The van der Waals surface area contributed by atoms with E-state index in [1.54, 1.807) is 68.6 Å². The number of aromatic hydroxyl groups is 2. The van der Waals surface area contributed by atoms with Gasteiger partial charge in [-0.1, -0.05) is 74.5 Å². The van der Waals surface area contributed by atoms with Crippen LogP contribution in [-0.4, -0.2) is 210 Å². The van der Waals surface area contributed by atoms with Gasteiger partial charge in [-0.2, -0.15) is 0 Å². The Kier molecular flexibility index (Phi) is 32.5. The van der Waals surface area contributed by atoms with Gasteiger partial charge in [-0.05, 0) is 111 Å². The number of aromatic nitrogens is 2. The highest BCUT2D eigenvalue weighted by atomic mass is 16.4. The standard InChI is InChI=1S/C73H96N18O19/c1-36(2)27-52(66(103)86-53(28-40-16-20-44(93)21-17-40)64(101)81-35-59(96)83-51(72(109)110)15-10-26-78-73(76)77)85-69(106)55(30-42-33-79-48-13-8-6-11-46(42)48)88-67(104)54(29-41-18-22-45(94)23-19-41)87-70(107)57(32-60(97)98)89-65(102)50(24-25-58(75)95)84-68(105)56(31-43-34-80-49-14-9-7-12-47(43)49)90-71(108)61(39(5)92)91-63(100)38(4)82-62(99)37(3)74/h6-9,11-14,16-23,33-34,36-39,50-57,61,79-80,92-94H,10,15,24-32,35,74H2,1-5H3,(H2,75,95)(H,81,101)(H,82,99)(H,83,96)(H,84,105)(H,85,106)(H,86,103)(H,87,107)(H,88,104)(H,89,102)(H,90,108)(H,91,100)(H,97,98)(H,109,110)(H4,76,77,78)/t37-,38-,39+,50-,51-,52-,53-,54-,55-,56-,57-,61-/m0/s1. The van der Waals surface area contributed by atoms with Crippen molar-refractivity contribution in [3.63, 3.8) is 0 Å². The average Bonchev–Trinajstić information content (AvgIpc) is 1.61. The second-order valence-corrected chi connectivity index (χ2v) is 26.9. The number of carbonyl (C=O) groups is 14. The van der Waals surface area contributed by atoms with Crippen LogP contribution in [0.15, 0.2) is 109 Å². The van der Waals surface area contributed by atoms with Crippen LogP contribution in [0.1, 0.15) is 95.4 Å². The van der Waals surface area contributed by atoms with Crippen LogP contribution in [-0.2, 0) is 92.8 Å². The third-order valence-corrected chi connectivity index (χ3v) is 17.4. The number of phenolic OH excluding ortho intramolecular Hbond substituents is 2. The lowest BCUT2D eigenvalue weighted by Crippen LogP contribution is -2.62. The van der Waals surface area contributed by atoms with Gasteiger partial charge >= 0.3 is 11.9 Å². The lowest BCUT2D eigenvalue weighted by Gasteiger charge is -2.28. The molecule has 0 radical (unpaired) electrons. The Morgan fingerprint density at radius 1 is 0.464 bits per heavy atom. The molecule has 0 saturated carbocycles. The average molecular weight is 1530 g/mol. The van der Waals surface area contributed by atoms with Crippen molar-refractivity contribution in [1.82, 2.24) is 73.8 Å². The van der Waals surface area contributed by atoms with Crippen molar-refractivity contribution in [3.8, 4) is 11.5 Å². The fraction of sp³-hybridized carbons (Fsp3) is 0.411. The number of nitrogens with one attached hydrogen (secondary N) is 15.